The number of aromatic nitrogens is 5. The van der Waals surface area contributed by atoms with E-state index in [2.05, 4.69) is 10.1 Å². The first-order valence-corrected chi connectivity index (χ1v) is 9.51. The average Bonchev–Trinajstić information content (AvgIpc) is 3.28. The lowest BCUT2D eigenvalue weighted by molar-refractivity contribution is -0.131. The minimum Gasteiger partial charge on any atom is -0.335 e. The summed E-state index contributed by atoms with van der Waals surface area (Å²) in [6, 6.07) is 5.62. The molecule has 2 aromatic heterocycles. The molecular weight excluding hydrogens is 387 g/mol. The van der Waals surface area contributed by atoms with Gasteiger partial charge in [-0.05, 0) is 24.6 Å². The fraction of sp³-hybridized carbons (Fsp3) is 0.333. The lowest BCUT2D eigenvalue weighted by atomic mass is 10.1. The SMILES string of the molecule is CC1CCN(Cc2nc3n(n2)Cc2c(Cl)ncn2-c2ccc(Cl)cc2-3)C1=O. The molecule has 27 heavy (non-hydrogen) atoms. The van der Waals surface area contributed by atoms with Gasteiger partial charge in [-0.1, -0.05) is 30.1 Å². The van der Waals surface area contributed by atoms with E-state index in [1.54, 1.807) is 11.0 Å². The number of imidazole rings is 1. The minimum atomic E-state index is 0.0677. The Hall–Kier alpha value is -2.38. The molecule has 1 aromatic carbocycles. The van der Waals surface area contributed by atoms with Crippen molar-refractivity contribution in [2.75, 3.05) is 6.54 Å². The number of amides is 1. The van der Waals surface area contributed by atoms with Crippen LogP contribution in [0.25, 0.3) is 17.1 Å². The largest absolute Gasteiger partial charge is 0.335 e. The standard InChI is InChI=1S/C18H16Cl2N6O/c1-10-4-5-24(18(10)27)8-15-22-17-12-6-11(19)2-3-13(12)25-9-21-16(20)14(25)7-26(17)23-15/h2-3,6,9-10H,4-5,7-8H2,1H3. The monoisotopic (exact) mass is 402 g/mol. The highest BCUT2D eigenvalue weighted by molar-refractivity contribution is 6.31. The van der Waals surface area contributed by atoms with Gasteiger partial charge in [-0.15, -0.1) is 0 Å². The molecule has 138 valence electrons. The Balaban J connectivity index is 1.61. The number of nitrogens with zero attached hydrogens (tertiary/aromatic N) is 6. The Morgan fingerprint density at radius 2 is 2.15 bits per heavy atom. The number of likely N-dealkylation sites (tertiary alicyclic amines) is 1. The van der Waals surface area contributed by atoms with E-state index in [1.165, 1.54) is 0 Å². The first-order chi connectivity index (χ1) is 13.0. The van der Waals surface area contributed by atoms with Crippen LogP contribution in [-0.2, 0) is 17.9 Å². The van der Waals surface area contributed by atoms with Gasteiger partial charge in [0.15, 0.2) is 16.8 Å². The van der Waals surface area contributed by atoms with Gasteiger partial charge >= 0.3 is 0 Å². The number of hydrogen-bond donors (Lipinski definition) is 0. The van der Waals surface area contributed by atoms with E-state index in [0.29, 0.717) is 34.9 Å². The van der Waals surface area contributed by atoms with E-state index in [-0.39, 0.29) is 11.8 Å². The van der Waals surface area contributed by atoms with Crippen molar-refractivity contribution in [1.82, 2.24) is 29.2 Å². The summed E-state index contributed by atoms with van der Waals surface area (Å²) >= 11 is 12.5. The Kier molecular flexibility index (Phi) is 3.77. The van der Waals surface area contributed by atoms with E-state index < -0.39 is 0 Å². The Morgan fingerprint density at radius 1 is 1.30 bits per heavy atom. The van der Waals surface area contributed by atoms with Crippen LogP contribution in [0.4, 0.5) is 0 Å². The quantitative estimate of drug-likeness (QED) is 0.516. The Labute approximate surface area is 165 Å². The number of fused-ring (bicyclic) bond motifs is 5. The zero-order valence-electron chi connectivity index (χ0n) is 14.6. The summed E-state index contributed by atoms with van der Waals surface area (Å²) in [5.74, 6) is 1.55. The highest BCUT2D eigenvalue weighted by atomic mass is 35.5. The molecule has 0 spiro atoms. The van der Waals surface area contributed by atoms with E-state index in [0.717, 1.165) is 29.9 Å². The molecule has 3 aromatic rings. The van der Waals surface area contributed by atoms with Crippen molar-refractivity contribution in [2.24, 2.45) is 5.92 Å². The number of carbonyl (C=O) groups excluding carboxylic acids is 1. The van der Waals surface area contributed by atoms with Crippen LogP contribution in [0.5, 0.6) is 0 Å². The van der Waals surface area contributed by atoms with Crippen molar-refractivity contribution in [1.29, 1.82) is 0 Å². The van der Waals surface area contributed by atoms with Gasteiger partial charge in [0.05, 0.1) is 24.5 Å². The molecule has 9 heteroatoms. The second-order valence-electron chi connectivity index (χ2n) is 6.97. The van der Waals surface area contributed by atoms with Crippen molar-refractivity contribution >= 4 is 29.1 Å². The summed E-state index contributed by atoms with van der Waals surface area (Å²) in [6.07, 6.45) is 2.57. The average molecular weight is 403 g/mol. The molecule has 1 fully saturated rings. The second-order valence-corrected chi connectivity index (χ2v) is 7.77. The molecule has 1 atom stereocenters. The molecule has 2 aliphatic heterocycles. The predicted molar refractivity (Wildman–Crippen MR) is 101 cm³/mol. The van der Waals surface area contributed by atoms with Crippen LogP contribution in [0.3, 0.4) is 0 Å². The van der Waals surface area contributed by atoms with Gasteiger partial charge in [0.1, 0.15) is 6.33 Å². The fourth-order valence-corrected chi connectivity index (χ4v) is 4.09. The third-order valence-electron chi connectivity index (χ3n) is 5.19. The molecule has 1 saturated heterocycles. The zero-order chi connectivity index (χ0) is 18.7. The molecule has 0 N–H and O–H groups in total. The molecule has 1 unspecified atom stereocenters. The van der Waals surface area contributed by atoms with Gasteiger partial charge in [-0.3, -0.25) is 9.36 Å². The topological polar surface area (TPSA) is 68.8 Å². The third-order valence-corrected chi connectivity index (χ3v) is 5.74. The molecule has 0 bridgehead atoms. The van der Waals surface area contributed by atoms with Crippen LogP contribution >= 0.6 is 23.2 Å². The molecule has 0 saturated carbocycles. The molecule has 7 nitrogen and oxygen atoms in total. The molecule has 2 aliphatic rings. The summed E-state index contributed by atoms with van der Waals surface area (Å²) in [5, 5.41) is 5.70. The molecule has 0 aliphatic carbocycles. The summed E-state index contributed by atoms with van der Waals surface area (Å²) in [6.45, 7) is 3.55. The smallest absolute Gasteiger partial charge is 0.225 e. The first kappa shape index (κ1) is 16.8. The van der Waals surface area contributed by atoms with Crippen molar-refractivity contribution in [3.05, 3.63) is 46.2 Å². The summed E-state index contributed by atoms with van der Waals surface area (Å²) in [7, 11) is 0. The van der Waals surface area contributed by atoms with Crippen LogP contribution in [-0.4, -0.2) is 41.7 Å². The maximum Gasteiger partial charge on any atom is 0.225 e. The Morgan fingerprint density at radius 3 is 2.93 bits per heavy atom. The third kappa shape index (κ3) is 2.64. The van der Waals surface area contributed by atoms with Gasteiger partial charge in [0, 0.05) is 23.0 Å². The Bertz CT molecular complexity index is 1070. The molecule has 4 heterocycles. The van der Waals surface area contributed by atoms with Crippen LogP contribution in [0.15, 0.2) is 24.5 Å². The van der Waals surface area contributed by atoms with E-state index in [1.807, 2.05) is 34.6 Å². The molecular formula is C18H16Cl2N6O. The van der Waals surface area contributed by atoms with Gasteiger partial charge in [0.2, 0.25) is 5.91 Å². The summed E-state index contributed by atoms with van der Waals surface area (Å²) in [5.41, 5.74) is 2.59. The first-order valence-electron chi connectivity index (χ1n) is 8.76. The van der Waals surface area contributed by atoms with Crippen LogP contribution in [0.2, 0.25) is 10.2 Å². The van der Waals surface area contributed by atoms with Crippen molar-refractivity contribution < 1.29 is 4.79 Å². The predicted octanol–water partition coefficient (Wildman–Crippen LogP) is 3.17. The maximum atomic E-state index is 12.2. The zero-order valence-corrected chi connectivity index (χ0v) is 16.1. The lowest BCUT2D eigenvalue weighted by Gasteiger charge is -2.13. The maximum absolute atomic E-state index is 12.2. The number of hydrogen-bond acceptors (Lipinski definition) is 4. The lowest BCUT2D eigenvalue weighted by Crippen LogP contribution is -2.26. The molecule has 0 radical (unpaired) electrons. The van der Waals surface area contributed by atoms with Crippen LogP contribution in [0, 0.1) is 5.92 Å². The van der Waals surface area contributed by atoms with Crippen LogP contribution in [0.1, 0.15) is 24.9 Å². The highest BCUT2D eigenvalue weighted by Gasteiger charge is 2.30. The number of rotatable bonds is 2. The van der Waals surface area contributed by atoms with E-state index in [4.69, 9.17) is 28.2 Å². The summed E-state index contributed by atoms with van der Waals surface area (Å²) in [4.78, 5) is 23.0. The fourth-order valence-electron chi connectivity index (χ4n) is 3.73. The van der Waals surface area contributed by atoms with Gasteiger partial charge in [-0.2, -0.15) is 5.10 Å². The van der Waals surface area contributed by atoms with Crippen LogP contribution < -0.4 is 0 Å². The second kappa shape index (κ2) is 6.07. The molecule has 5 rings (SSSR count). The number of benzene rings is 1. The van der Waals surface area contributed by atoms with Gasteiger partial charge in [-0.25, -0.2) is 14.6 Å². The summed E-state index contributed by atoms with van der Waals surface area (Å²) < 4.78 is 3.75. The number of halogens is 2. The number of carbonyl (C=O) groups is 1. The molecule has 1 amide bonds. The van der Waals surface area contributed by atoms with Crippen molar-refractivity contribution in [3.8, 4) is 17.1 Å². The van der Waals surface area contributed by atoms with E-state index in [9.17, 15) is 4.79 Å². The highest BCUT2D eigenvalue weighted by Crippen LogP contribution is 2.34. The van der Waals surface area contributed by atoms with Crippen molar-refractivity contribution in [2.45, 2.75) is 26.4 Å². The normalized spacial score (nSPS) is 18.3. The van der Waals surface area contributed by atoms with Gasteiger partial charge in [0.25, 0.3) is 0 Å². The van der Waals surface area contributed by atoms with Crippen molar-refractivity contribution in [3.63, 3.8) is 0 Å². The van der Waals surface area contributed by atoms with Gasteiger partial charge < -0.3 is 4.90 Å². The van der Waals surface area contributed by atoms with E-state index >= 15 is 0 Å². The minimum absolute atomic E-state index is 0.0677.